The van der Waals surface area contributed by atoms with Crippen LogP contribution in [0.4, 0.5) is 10.5 Å². The number of amides is 1. The number of esters is 1. The van der Waals surface area contributed by atoms with Crippen molar-refractivity contribution in [3.05, 3.63) is 28.2 Å². The van der Waals surface area contributed by atoms with Gasteiger partial charge in [-0.2, -0.15) is 0 Å². The fourth-order valence-corrected chi connectivity index (χ4v) is 3.45. The number of rotatable bonds is 4. The average molecular weight is 407 g/mol. The van der Waals surface area contributed by atoms with Gasteiger partial charge in [-0.3, -0.25) is 4.79 Å². The molecule has 1 amide bonds. The highest BCUT2D eigenvalue weighted by Crippen LogP contribution is 2.24. The van der Waals surface area contributed by atoms with Crippen molar-refractivity contribution in [2.45, 2.75) is 51.3 Å². The zero-order chi connectivity index (χ0) is 21.2. The number of carbonyl (C=O) groups is 2. The average Bonchev–Trinajstić information content (AvgIpc) is 2.63. The van der Waals surface area contributed by atoms with Gasteiger partial charge >= 0.3 is 12.1 Å². The normalized spacial score (nSPS) is 18.1. The molecule has 1 aromatic rings. The van der Waals surface area contributed by atoms with Crippen molar-refractivity contribution in [2.24, 2.45) is 0 Å². The van der Waals surface area contributed by atoms with E-state index in [1.165, 1.54) is 13.2 Å². The number of aromatic nitrogens is 1. The van der Waals surface area contributed by atoms with Crippen LogP contribution in [0.2, 0.25) is 0 Å². The van der Waals surface area contributed by atoms with Gasteiger partial charge in [0.15, 0.2) is 0 Å². The van der Waals surface area contributed by atoms with Crippen molar-refractivity contribution in [1.29, 1.82) is 0 Å². The lowest BCUT2D eigenvalue weighted by Crippen LogP contribution is -2.58. The fourth-order valence-electron chi connectivity index (χ4n) is 3.45. The molecule has 9 nitrogen and oxygen atoms in total. The maximum atomic E-state index is 12.7. The molecule has 0 bridgehead atoms. The van der Waals surface area contributed by atoms with Crippen LogP contribution in [-0.2, 0) is 14.2 Å². The molecule has 2 aliphatic rings. The van der Waals surface area contributed by atoms with Crippen molar-refractivity contribution in [1.82, 2.24) is 9.47 Å². The highest BCUT2D eigenvalue weighted by atomic mass is 16.6. The van der Waals surface area contributed by atoms with Crippen LogP contribution in [-0.4, -0.2) is 66.6 Å². The van der Waals surface area contributed by atoms with Gasteiger partial charge < -0.3 is 29.0 Å². The molecule has 0 aromatic carbocycles. The first-order valence-corrected chi connectivity index (χ1v) is 9.84. The zero-order valence-corrected chi connectivity index (χ0v) is 17.4. The number of carbonyl (C=O) groups excluding carboxylic acids is 2. The second kappa shape index (κ2) is 8.44. The summed E-state index contributed by atoms with van der Waals surface area (Å²) in [5.74, 6) is -0.517. The van der Waals surface area contributed by atoms with Crippen molar-refractivity contribution in [3.63, 3.8) is 0 Å². The van der Waals surface area contributed by atoms with E-state index in [1.807, 2.05) is 20.8 Å². The van der Waals surface area contributed by atoms with E-state index in [2.05, 4.69) is 5.32 Å². The monoisotopic (exact) mass is 407 g/mol. The lowest BCUT2D eigenvalue weighted by molar-refractivity contribution is 0.0104. The second-order valence-electron chi connectivity index (χ2n) is 8.41. The maximum absolute atomic E-state index is 12.7. The molecule has 2 saturated heterocycles. The van der Waals surface area contributed by atoms with Crippen molar-refractivity contribution >= 4 is 17.7 Å². The third-order valence-electron chi connectivity index (χ3n) is 4.96. The number of pyridine rings is 1. The molecule has 0 saturated carbocycles. The molecular formula is C20H29N3O6. The number of nitrogens with zero attached hydrogens (tertiary/aromatic N) is 2. The van der Waals surface area contributed by atoms with E-state index in [0.717, 1.165) is 12.8 Å². The molecule has 0 radical (unpaired) electrons. The molecule has 2 fully saturated rings. The third-order valence-corrected chi connectivity index (χ3v) is 4.96. The smallest absolute Gasteiger partial charge is 0.410 e. The Bertz CT molecular complexity index is 816. The van der Waals surface area contributed by atoms with Crippen LogP contribution in [0.15, 0.2) is 17.1 Å². The minimum Gasteiger partial charge on any atom is -0.465 e. The first kappa shape index (κ1) is 21.2. The van der Waals surface area contributed by atoms with Gasteiger partial charge in [0, 0.05) is 44.6 Å². The number of nitrogens with one attached hydrogen (secondary N) is 1. The molecule has 0 aliphatic carbocycles. The third kappa shape index (κ3) is 5.09. The van der Waals surface area contributed by atoms with Crippen LogP contribution < -0.4 is 10.9 Å². The Morgan fingerprint density at radius 3 is 2.45 bits per heavy atom. The SMILES string of the molecule is COC(=O)c1cn(C2CCOCC2)c(=O)cc1NC1CN(C(=O)OC(C)(C)C)C1. The van der Waals surface area contributed by atoms with Gasteiger partial charge in [0.05, 0.1) is 24.4 Å². The molecule has 29 heavy (non-hydrogen) atoms. The Balaban J connectivity index is 1.72. The molecule has 160 valence electrons. The zero-order valence-electron chi connectivity index (χ0n) is 17.4. The summed E-state index contributed by atoms with van der Waals surface area (Å²) in [7, 11) is 1.31. The van der Waals surface area contributed by atoms with Crippen LogP contribution in [0.5, 0.6) is 0 Å². The molecule has 1 aromatic heterocycles. The first-order valence-electron chi connectivity index (χ1n) is 9.84. The summed E-state index contributed by atoms with van der Waals surface area (Å²) in [4.78, 5) is 38.6. The van der Waals surface area contributed by atoms with E-state index in [1.54, 1.807) is 15.7 Å². The van der Waals surface area contributed by atoms with Crippen LogP contribution in [0.3, 0.4) is 0 Å². The molecule has 0 spiro atoms. The van der Waals surface area contributed by atoms with E-state index < -0.39 is 11.6 Å². The summed E-state index contributed by atoms with van der Waals surface area (Å²) >= 11 is 0. The lowest BCUT2D eigenvalue weighted by Gasteiger charge is -2.40. The maximum Gasteiger partial charge on any atom is 0.410 e. The quantitative estimate of drug-likeness (QED) is 0.762. The topological polar surface area (TPSA) is 99.1 Å². The second-order valence-corrected chi connectivity index (χ2v) is 8.41. The summed E-state index contributed by atoms with van der Waals surface area (Å²) < 4.78 is 17.2. The van der Waals surface area contributed by atoms with Crippen LogP contribution >= 0.6 is 0 Å². The lowest BCUT2D eigenvalue weighted by atomic mass is 10.1. The summed E-state index contributed by atoms with van der Waals surface area (Å²) in [6.45, 7) is 7.49. The van der Waals surface area contributed by atoms with Crippen LogP contribution in [0.25, 0.3) is 0 Å². The highest BCUT2D eigenvalue weighted by molar-refractivity contribution is 5.95. The van der Waals surface area contributed by atoms with E-state index in [9.17, 15) is 14.4 Å². The van der Waals surface area contributed by atoms with E-state index in [4.69, 9.17) is 14.2 Å². The van der Waals surface area contributed by atoms with E-state index in [0.29, 0.717) is 37.6 Å². The molecule has 0 unspecified atom stereocenters. The van der Waals surface area contributed by atoms with Gasteiger partial charge in [0.25, 0.3) is 5.56 Å². The van der Waals surface area contributed by atoms with Gasteiger partial charge in [-0.05, 0) is 33.6 Å². The fraction of sp³-hybridized carbons (Fsp3) is 0.650. The molecule has 1 N–H and O–H groups in total. The number of likely N-dealkylation sites (tertiary alicyclic amines) is 1. The number of hydrogen-bond acceptors (Lipinski definition) is 7. The first-order chi connectivity index (χ1) is 13.7. The van der Waals surface area contributed by atoms with E-state index >= 15 is 0 Å². The minimum absolute atomic E-state index is 0.0000637. The molecular weight excluding hydrogens is 378 g/mol. The van der Waals surface area contributed by atoms with Gasteiger partial charge in [0.2, 0.25) is 0 Å². The van der Waals surface area contributed by atoms with Gasteiger partial charge in [-0.1, -0.05) is 0 Å². The standard InChI is InChI=1S/C20H29N3O6/c1-20(2,3)29-19(26)22-10-13(11-22)21-16-9-17(24)23(12-15(16)18(25)27-4)14-5-7-28-8-6-14/h9,12-14,21H,5-8,10-11H2,1-4H3. The predicted octanol–water partition coefficient (Wildman–Crippen LogP) is 2.02. The van der Waals surface area contributed by atoms with Gasteiger partial charge in [-0.15, -0.1) is 0 Å². The Kier molecular flexibility index (Phi) is 6.16. The van der Waals surface area contributed by atoms with Crippen molar-refractivity contribution < 1.29 is 23.8 Å². The Morgan fingerprint density at radius 2 is 1.86 bits per heavy atom. The summed E-state index contributed by atoms with van der Waals surface area (Å²) in [6.07, 6.45) is 2.64. The molecule has 3 heterocycles. The molecule has 0 atom stereocenters. The number of anilines is 1. The number of hydrogen-bond donors (Lipinski definition) is 1. The Labute approximate surface area is 169 Å². The Hall–Kier alpha value is -2.55. The molecule has 9 heteroatoms. The largest absolute Gasteiger partial charge is 0.465 e. The summed E-state index contributed by atoms with van der Waals surface area (Å²) in [5.41, 5.74) is -0.0221. The Morgan fingerprint density at radius 1 is 1.21 bits per heavy atom. The van der Waals surface area contributed by atoms with Crippen molar-refractivity contribution in [3.8, 4) is 0 Å². The van der Waals surface area contributed by atoms with Gasteiger partial charge in [0.1, 0.15) is 5.60 Å². The molecule has 3 rings (SSSR count). The van der Waals surface area contributed by atoms with E-state index in [-0.39, 0.29) is 23.7 Å². The molecule has 2 aliphatic heterocycles. The van der Waals surface area contributed by atoms with Crippen molar-refractivity contribution in [2.75, 3.05) is 38.7 Å². The summed E-state index contributed by atoms with van der Waals surface area (Å²) in [6, 6.07) is 1.35. The number of methoxy groups -OCH3 is 1. The van der Waals surface area contributed by atoms with Crippen LogP contribution in [0, 0.1) is 0 Å². The predicted molar refractivity (Wildman–Crippen MR) is 106 cm³/mol. The van der Waals surface area contributed by atoms with Gasteiger partial charge in [-0.25, -0.2) is 9.59 Å². The highest BCUT2D eigenvalue weighted by Gasteiger charge is 2.34. The summed E-state index contributed by atoms with van der Waals surface area (Å²) in [5, 5.41) is 3.19. The van der Waals surface area contributed by atoms with Crippen LogP contribution in [0.1, 0.15) is 50.0 Å². The minimum atomic E-state index is -0.553. The number of ether oxygens (including phenoxy) is 3.